The summed E-state index contributed by atoms with van der Waals surface area (Å²) < 4.78 is 4.03. The van der Waals surface area contributed by atoms with Gasteiger partial charge in [-0.15, -0.1) is 11.3 Å². The molecule has 2 aromatic rings. The van der Waals surface area contributed by atoms with Gasteiger partial charge in [-0.05, 0) is 29.9 Å². The molecule has 6 heteroatoms. The maximum Gasteiger partial charge on any atom is 0.162 e. The smallest absolute Gasteiger partial charge is 0.162 e. The molecule has 0 N–H and O–H groups in total. The van der Waals surface area contributed by atoms with E-state index in [9.17, 15) is 0 Å². The van der Waals surface area contributed by atoms with Crippen LogP contribution in [0.2, 0.25) is 5.15 Å². The van der Waals surface area contributed by atoms with Gasteiger partial charge in [0.25, 0.3) is 0 Å². The number of anilines is 1. The maximum atomic E-state index is 9.07. The Morgan fingerprint density at radius 1 is 1.59 bits per heavy atom. The third kappa shape index (κ3) is 2.60. The van der Waals surface area contributed by atoms with Crippen LogP contribution in [0.3, 0.4) is 0 Å². The predicted octanol–water partition coefficient (Wildman–Crippen LogP) is 3.76. The Balaban J connectivity index is 2.26. The summed E-state index contributed by atoms with van der Waals surface area (Å²) in [5.41, 5.74) is 0.482. The molecule has 0 aromatic carbocycles. The van der Waals surface area contributed by atoms with Crippen LogP contribution >= 0.6 is 34.5 Å². The lowest BCUT2D eigenvalue weighted by Crippen LogP contribution is -2.21. The Hall–Kier alpha value is -1.09. The number of halogens is 1. The van der Waals surface area contributed by atoms with E-state index in [0.29, 0.717) is 10.7 Å². The van der Waals surface area contributed by atoms with Crippen LogP contribution < -0.4 is 4.90 Å². The van der Waals surface area contributed by atoms with Crippen LogP contribution in [0.1, 0.15) is 17.4 Å². The van der Waals surface area contributed by atoms with E-state index in [-0.39, 0.29) is 0 Å². The van der Waals surface area contributed by atoms with Crippen LogP contribution in [0.25, 0.3) is 0 Å². The van der Waals surface area contributed by atoms with Gasteiger partial charge in [0, 0.05) is 11.4 Å². The summed E-state index contributed by atoms with van der Waals surface area (Å²) in [5, 5.41) is 12.3. The molecule has 88 valence electrons. The van der Waals surface area contributed by atoms with Gasteiger partial charge in [0.2, 0.25) is 0 Å². The highest BCUT2D eigenvalue weighted by molar-refractivity contribution is 7.11. The van der Waals surface area contributed by atoms with Crippen molar-refractivity contribution in [2.45, 2.75) is 13.5 Å². The fraction of sp³-hybridized carbons (Fsp3) is 0.273. The second kappa shape index (κ2) is 5.50. The highest BCUT2D eigenvalue weighted by Gasteiger charge is 2.17. The van der Waals surface area contributed by atoms with Crippen molar-refractivity contribution in [1.82, 2.24) is 4.37 Å². The first-order valence-electron chi connectivity index (χ1n) is 5.08. The van der Waals surface area contributed by atoms with E-state index in [2.05, 4.69) is 28.3 Å². The van der Waals surface area contributed by atoms with Gasteiger partial charge < -0.3 is 4.90 Å². The van der Waals surface area contributed by atoms with Gasteiger partial charge in [-0.2, -0.15) is 9.64 Å². The van der Waals surface area contributed by atoms with Crippen LogP contribution in [0.4, 0.5) is 5.00 Å². The third-order valence-corrected chi connectivity index (χ3v) is 4.48. The average Bonchev–Trinajstić information content (AvgIpc) is 2.95. The molecule has 0 spiro atoms. The summed E-state index contributed by atoms with van der Waals surface area (Å²) in [7, 11) is 0. The van der Waals surface area contributed by atoms with Crippen molar-refractivity contribution in [1.29, 1.82) is 5.26 Å². The van der Waals surface area contributed by atoms with Crippen molar-refractivity contribution in [3.8, 4) is 6.07 Å². The number of aromatic nitrogens is 1. The monoisotopic (exact) mass is 283 g/mol. The minimum Gasteiger partial charge on any atom is -0.356 e. The number of nitriles is 1. The zero-order chi connectivity index (χ0) is 12.3. The van der Waals surface area contributed by atoms with E-state index < -0.39 is 0 Å². The van der Waals surface area contributed by atoms with E-state index in [1.807, 2.05) is 11.4 Å². The molecule has 0 aliphatic rings. The van der Waals surface area contributed by atoms with E-state index in [1.54, 1.807) is 11.3 Å². The van der Waals surface area contributed by atoms with E-state index in [4.69, 9.17) is 16.9 Å². The largest absolute Gasteiger partial charge is 0.356 e. The molecule has 2 aromatic heterocycles. The number of hydrogen-bond acceptors (Lipinski definition) is 5. The predicted molar refractivity (Wildman–Crippen MR) is 72.9 cm³/mol. The Labute approximate surface area is 113 Å². The van der Waals surface area contributed by atoms with Gasteiger partial charge >= 0.3 is 0 Å². The molecule has 0 saturated heterocycles. The lowest BCUT2D eigenvalue weighted by molar-refractivity contribution is 0.851. The Morgan fingerprint density at radius 2 is 2.41 bits per heavy atom. The SMILES string of the molecule is CCN(Cc1cccs1)c1snc(Cl)c1C#N. The molecule has 0 radical (unpaired) electrons. The van der Waals surface area contributed by atoms with Crippen LogP contribution in [0.5, 0.6) is 0 Å². The number of hydrogen-bond donors (Lipinski definition) is 0. The average molecular weight is 284 g/mol. The molecule has 0 aliphatic carbocycles. The minimum atomic E-state index is 0.303. The van der Waals surface area contributed by atoms with Crippen LogP contribution in [0, 0.1) is 11.3 Å². The second-order valence-electron chi connectivity index (χ2n) is 3.36. The lowest BCUT2D eigenvalue weighted by atomic mass is 10.3. The molecule has 0 atom stereocenters. The van der Waals surface area contributed by atoms with Crippen LogP contribution in [-0.2, 0) is 6.54 Å². The van der Waals surface area contributed by atoms with E-state index in [0.717, 1.165) is 18.1 Å². The van der Waals surface area contributed by atoms with Crippen molar-refractivity contribution in [2.24, 2.45) is 0 Å². The van der Waals surface area contributed by atoms with Crippen LogP contribution in [0.15, 0.2) is 17.5 Å². The lowest BCUT2D eigenvalue weighted by Gasteiger charge is -2.20. The highest BCUT2D eigenvalue weighted by atomic mass is 35.5. The quantitative estimate of drug-likeness (QED) is 0.858. The molecule has 0 bridgehead atoms. The van der Waals surface area contributed by atoms with Gasteiger partial charge in [0.15, 0.2) is 5.15 Å². The first-order valence-corrected chi connectivity index (χ1v) is 7.12. The zero-order valence-electron chi connectivity index (χ0n) is 9.18. The zero-order valence-corrected chi connectivity index (χ0v) is 11.6. The molecular formula is C11H10ClN3S2. The topological polar surface area (TPSA) is 39.9 Å². The minimum absolute atomic E-state index is 0.303. The molecular weight excluding hydrogens is 274 g/mol. The molecule has 0 amide bonds. The molecule has 0 fully saturated rings. The number of nitrogens with zero attached hydrogens (tertiary/aromatic N) is 3. The summed E-state index contributed by atoms with van der Waals surface area (Å²) in [6.07, 6.45) is 0. The molecule has 3 nitrogen and oxygen atoms in total. The summed E-state index contributed by atoms with van der Waals surface area (Å²) in [5.74, 6) is 0. The van der Waals surface area contributed by atoms with Gasteiger partial charge in [-0.1, -0.05) is 17.7 Å². The fourth-order valence-corrected chi connectivity index (χ4v) is 3.30. The molecule has 2 heterocycles. The second-order valence-corrected chi connectivity index (χ2v) is 5.50. The maximum absolute atomic E-state index is 9.07. The van der Waals surface area contributed by atoms with Gasteiger partial charge in [0.1, 0.15) is 16.6 Å². The molecule has 0 unspecified atom stereocenters. The molecule has 0 saturated carbocycles. The van der Waals surface area contributed by atoms with E-state index in [1.165, 1.54) is 16.4 Å². The Morgan fingerprint density at radius 3 is 3.00 bits per heavy atom. The molecule has 0 aliphatic heterocycles. The summed E-state index contributed by atoms with van der Waals surface area (Å²) in [6.45, 7) is 3.68. The van der Waals surface area contributed by atoms with Gasteiger partial charge in [0.05, 0.1) is 6.54 Å². The third-order valence-electron chi connectivity index (χ3n) is 2.34. The van der Waals surface area contributed by atoms with Crippen molar-refractivity contribution in [3.05, 3.63) is 33.1 Å². The van der Waals surface area contributed by atoms with Crippen molar-refractivity contribution < 1.29 is 0 Å². The molecule has 2 rings (SSSR count). The summed E-state index contributed by atoms with van der Waals surface area (Å²) >= 11 is 8.87. The molecule has 17 heavy (non-hydrogen) atoms. The van der Waals surface area contributed by atoms with Crippen molar-refractivity contribution in [2.75, 3.05) is 11.4 Å². The first-order chi connectivity index (χ1) is 8.26. The van der Waals surface area contributed by atoms with Gasteiger partial charge in [-0.25, -0.2) is 0 Å². The van der Waals surface area contributed by atoms with Crippen molar-refractivity contribution >= 4 is 39.5 Å². The number of thiophene rings is 1. The Kier molecular flexibility index (Phi) is 4.00. The fourth-order valence-electron chi connectivity index (χ4n) is 1.49. The highest BCUT2D eigenvalue weighted by Crippen LogP contribution is 2.32. The normalized spacial score (nSPS) is 10.2. The Bertz CT molecular complexity index is 527. The van der Waals surface area contributed by atoms with Gasteiger partial charge in [-0.3, -0.25) is 0 Å². The van der Waals surface area contributed by atoms with Crippen molar-refractivity contribution in [3.63, 3.8) is 0 Å². The summed E-state index contributed by atoms with van der Waals surface area (Å²) in [4.78, 5) is 3.38. The first kappa shape index (κ1) is 12.4. The number of rotatable bonds is 4. The standard InChI is InChI=1S/C11H10ClN3S2/c1-2-15(7-8-4-3-5-16-8)11-9(6-13)10(12)14-17-11/h3-5H,2,7H2,1H3. The summed E-state index contributed by atoms with van der Waals surface area (Å²) in [6, 6.07) is 6.23. The van der Waals surface area contributed by atoms with E-state index >= 15 is 0 Å². The van der Waals surface area contributed by atoms with Crippen LogP contribution in [-0.4, -0.2) is 10.9 Å².